The molecule has 112 valence electrons. The van der Waals surface area contributed by atoms with E-state index >= 15 is 0 Å². The number of aryl methyl sites for hydroxylation is 2. The van der Waals surface area contributed by atoms with Crippen LogP contribution in [-0.4, -0.2) is 30.7 Å². The van der Waals surface area contributed by atoms with Crippen molar-refractivity contribution in [1.82, 2.24) is 24.8 Å². The summed E-state index contributed by atoms with van der Waals surface area (Å²) in [5.41, 5.74) is 0.910. The zero-order chi connectivity index (χ0) is 15.5. The van der Waals surface area contributed by atoms with Crippen LogP contribution in [-0.2, 0) is 18.4 Å². The summed E-state index contributed by atoms with van der Waals surface area (Å²) in [5, 5.41) is 15.0. The van der Waals surface area contributed by atoms with Gasteiger partial charge in [-0.1, -0.05) is 17.3 Å². The quantitative estimate of drug-likeness (QED) is 0.759. The van der Waals surface area contributed by atoms with Gasteiger partial charge in [0.15, 0.2) is 0 Å². The number of anilines is 1. The molecule has 0 bridgehead atoms. The van der Waals surface area contributed by atoms with E-state index in [4.69, 9.17) is 0 Å². The van der Waals surface area contributed by atoms with E-state index < -0.39 is 0 Å². The maximum Gasteiger partial charge on any atom is 0.277 e. The van der Waals surface area contributed by atoms with Crippen LogP contribution in [0.5, 0.6) is 0 Å². The van der Waals surface area contributed by atoms with Gasteiger partial charge in [0.2, 0.25) is 5.91 Å². The second-order valence-corrected chi connectivity index (χ2v) is 4.84. The van der Waals surface area contributed by atoms with Crippen molar-refractivity contribution in [2.24, 2.45) is 7.05 Å². The molecule has 0 radical (unpaired) electrons. The number of hydrogen-bond donors (Lipinski definition) is 1. The van der Waals surface area contributed by atoms with E-state index in [-0.39, 0.29) is 24.4 Å². The Balaban J connectivity index is 1.70. The van der Waals surface area contributed by atoms with E-state index in [1.54, 1.807) is 48.4 Å². The smallest absolute Gasteiger partial charge is 0.277 e. The normalized spacial score (nSPS) is 10.8. The highest BCUT2D eigenvalue weighted by Gasteiger charge is 2.08. The average Bonchev–Trinajstić information content (AvgIpc) is 2.92. The average molecular weight is 298 g/mol. The monoisotopic (exact) mass is 298 g/mol. The molecular weight excluding hydrogens is 284 g/mol. The minimum absolute atomic E-state index is 0.127. The van der Waals surface area contributed by atoms with Gasteiger partial charge in [0, 0.05) is 19.7 Å². The van der Waals surface area contributed by atoms with Gasteiger partial charge in [0.05, 0.1) is 23.8 Å². The fourth-order valence-electron chi connectivity index (χ4n) is 2.09. The first-order valence-electron chi connectivity index (χ1n) is 6.74. The summed E-state index contributed by atoms with van der Waals surface area (Å²) in [4.78, 5) is 24.1. The van der Waals surface area contributed by atoms with Crippen LogP contribution in [0, 0.1) is 0 Å². The number of hydrogen-bond acceptors (Lipinski definition) is 5. The number of fused-ring (bicyclic) bond motifs is 1. The molecule has 3 aromatic rings. The molecule has 3 rings (SSSR count). The molecule has 8 heteroatoms. The fourth-order valence-corrected chi connectivity index (χ4v) is 2.09. The molecule has 0 spiro atoms. The van der Waals surface area contributed by atoms with Crippen molar-refractivity contribution in [2.45, 2.75) is 13.0 Å². The Morgan fingerprint density at radius 1 is 1.32 bits per heavy atom. The van der Waals surface area contributed by atoms with Gasteiger partial charge in [-0.25, -0.2) is 4.68 Å². The van der Waals surface area contributed by atoms with Crippen molar-refractivity contribution in [1.29, 1.82) is 0 Å². The zero-order valence-electron chi connectivity index (χ0n) is 11.9. The van der Waals surface area contributed by atoms with Gasteiger partial charge in [0.1, 0.15) is 5.52 Å². The maximum atomic E-state index is 12.2. The molecule has 2 aromatic heterocycles. The van der Waals surface area contributed by atoms with Crippen molar-refractivity contribution in [2.75, 3.05) is 5.32 Å². The minimum atomic E-state index is -0.250. The topological polar surface area (TPSA) is 94.7 Å². The van der Waals surface area contributed by atoms with Crippen molar-refractivity contribution < 1.29 is 4.79 Å². The number of nitrogens with one attached hydrogen (secondary N) is 1. The van der Waals surface area contributed by atoms with Crippen LogP contribution in [0.3, 0.4) is 0 Å². The van der Waals surface area contributed by atoms with Gasteiger partial charge in [-0.05, 0) is 12.1 Å². The van der Waals surface area contributed by atoms with E-state index in [1.165, 1.54) is 4.68 Å². The first kappa shape index (κ1) is 13.9. The predicted octanol–water partition coefficient (Wildman–Crippen LogP) is 0.554. The molecule has 1 aromatic carbocycles. The molecular formula is C14H14N6O2. The Bertz CT molecular complexity index is 882. The van der Waals surface area contributed by atoms with Gasteiger partial charge < -0.3 is 5.32 Å². The second kappa shape index (κ2) is 5.76. The third kappa shape index (κ3) is 2.85. The lowest BCUT2D eigenvalue weighted by Gasteiger charge is -2.05. The fraction of sp³-hybridized carbons (Fsp3) is 0.214. The number of nitrogens with zero attached hydrogens (tertiary/aromatic N) is 5. The summed E-state index contributed by atoms with van der Waals surface area (Å²) < 4.78 is 2.79. The highest BCUT2D eigenvalue weighted by molar-refractivity contribution is 5.90. The van der Waals surface area contributed by atoms with E-state index in [9.17, 15) is 9.59 Å². The zero-order valence-corrected chi connectivity index (χ0v) is 11.9. The highest BCUT2D eigenvalue weighted by Crippen LogP contribution is 2.05. The Morgan fingerprint density at radius 2 is 2.14 bits per heavy atom. The SMILES string of the molecule is Cn1cc(NC(=O)CCn2nnc3ccccc3c2=O)cn1. The molecule has 22 heavy (non-hydrogen) atoms. The lowest BCUT2D eigenvalue weighted by Crippen LogP contribution is -2.26. The Hall–Kier alpha value is -3.03. The summed E-state index contributed by atoms with van der Waals surface area (Å²) in [6.07, 6.45) is 3.38. The summed E-state index contributed by atoms with van der Waals surface area (Å²) >= 11 is 0. The van der Waals surface area contributed by atoms with Crippen LogP contribution in [0.15, 0.2) is 41.5 Å². The lowest BCUT2D eigenvalue weighted by atomic mass is 10.2. The molecule has 0 fully saturated rings. The summed E-state index contributed by atoms with van der Waals surface area (Å²) in [5.74, 6) is -0.213. The lowest BCUT2D eigenvalue weighted by molar-refractivity contribution is -0.116. The van der Waals surface area contributed by atoms with Gasteiger partial charge in [-0.3, -0.25) is 14.3 Å². The molecule has 0 aliphatic heterocycles. The van der Waals surface area contributed by atoms with Crippen molar-refractivity contribution in [3.05, 3.63) is 47.0 Å². The number of rotatable bonds is 4. The van der Waals surface area contributed by atoms with Crippen molar-refractivity contribution in [3.63, 3.8) is 0 Å². The van der Waals surface area contributed by atoms with E-state index in [2.05, 4.69) is 20.7 Å². The molecule has 0 atom stereocenters. The Kier molecular flexibility index (Phi) is 3.65. The Morgan fingerprint density at radius 3 is 2.91 bits per heavy atom. The number of amides is 1. The molecule has 0 saturated heterocycles. The minimum Gasteiger partial charge on any atom is -0.323 e. The van der Waals surface area contributed by atoms with E-state index in [0.717, 1.165) is 0 Å². The van der Waals surface area contributed by atoms with Crippen LogP contribution in [0.25, 0.3) is 10.9 Å². The maximum absolute atomic E-state index is 12.2. The largest absolute Gasteiger partial charge is 0.323 e. The standard InChI is InChI=1S/C14H14N6O2/c1-19-9-10(8-15-19)16-13(21)6-7-20-14(22)11-4-2-3-5-12(11)17-18-20/h2-5,8-9H,6-7H2,1H3,(H,16,21). The van der Waals surface area contributed by atoms with Gasteiger partial charge in [-0.15, -0.1) is 5.10 Å². The highest BCUT2D eigenvalue weighted by atomic mass is 16.2. The molecule has 0 aliphatic carbocycles. The Labute approximate surface area is 125 Å². The number of carbonyl (C=O) groups is 1. The van der Waals surface area contributed by atoms with Crippen molar-refractivity contribution >= 4 is 22.5 Å². The van der Waals surface area contributed by atoms with Crippen LogP contribution in [0.4, 0.5) is 5.69 Å². The number of carbonyl (C=O) groups excluding carboxylic acids is 1. The molecule has 8 nitrogen and oxygen atoms in total. The first-order chi connectivity index (χ1) is 10.6. The van der Waals surface area contributed by atoms with Gasteiger partial charge in [0.25, 0.3) is 5.56 Å². The molecule has 0 saturated carbocycles. The third-order valence-electron chi connectivity index (χ3n) is 3.17. The van der Waals surface area contributed by atoms with E-state index in [0.29, 0.717) is 16.6 Å². The van der Waals surface area contributed by atoms with E-state index in [1.807, 2.05) is 0 Å². The number of benzene rings is 1. The molecule has 2 heterocycles. The predicted molar refractivity (Wildman–Crippen MR) is 80.3 cm³/mol. The molecule has 1 N–H and O–H groups in total. The summed E-state index contributed by atoms with van der Waals surface area (Å²) in [7, 11) is 1.76. The van der Waals surface area contributed by atoms with Crippen molar-refractivity contribution in [3.8, 4) is 0 Å². The van der Waals surface area contributed by atoms with Crippen LogP contribution < -0.4 is 10.9 Å². The van der Waals surface area contributed by atoms with Gasteiger partial charge in [-0.2, -0.15) is 5.10 Å². The van der Waals surface area contributed by atoms with Crippen LogP contribution >= 0.6 is 0 Å². The molecule has 0 aliphatic rings. The summed E-state index contributed by atoms with van der Waals surface area (Å²) in [6.45, 7) is 0.169. The van der Waals surface area contributed by atoms with Gasteiger partial charge >= 0.3 is 0 Å². The summed E-state index contributed by atoms with van der Waals surface area (Å²) in [6, 6.07) is 6.98. The third-order valence-corrected chi connectivity index (χ3v) is 3.17. The number of aromatic nitrogens is 5. The first-order valence-corrected chi connectivity index (χ1v) is 6.74. The van der Waals surface area contributed by atoms with Crippen LogP contribution in [0.2, 0.25) is 0 Å². The second-order valence-electron chi connectivity index (χ2n) is 4.84. The van der Waals surface area contributed by atoms with Crippen LogP contribution in [0.1, 0.15) is 6.42 Å². The molecule has 1 amide bonds. The molecule has 0 unspecified atom stereocenters.